The summed E-state index contributed by atoms with van der Waals surface area (Å²) in [7, 11) is 0. The number of aryl methyl sites for hydroxylation is 1. The lowest BCUT2D eigenvalue weighted by atomic mass is 10.1. The second-order valence-corrected chi connectivity index (χ2v) is 5.85. The molecule has 0 aliphatic rings. The van der Waals surface area contributed by atoms with Crippen molar-refractivity contribution in [2.75, 3.05) is 11.9 Å². The number of halogens is 1. The molecule has 7 nitrogen and oxygen atoms in total. The molecule has 0 aliphatic heterocycles. The van der Waals surface area contributed by atoms with Crippen LogP contribution in [-0.4, -0.2) is 29.7 Å². The summed E-state index contributed by atoms with van der Waals surface area (Å²) in [5.74, 6) is -1.71. The molecule has 0 fully saturated rings. The molecule has 0 aliphatic carbocycles. The lowest BCUT2D eigenvalue weighted by molar-refractivity contribution is -0.136. The molecular weight excluding hydrogens is 370 g/mol. The number of para-hydroxylation sites is 1. The Labute approximate surface area is 162 Å². The fourth-order valence-corrected chi connectivity index (χ4v) is 2.50. The molecule has 0 saturated heterocycles. The number of anilines is 1. The van der Waals surface area contributed by atoms with E-state index in [4.69, 9.17) is 16.3 Å². The second-order valence-electron chi connectivity index (χ2n) is 5.45. The van der Waals surface area contributed by atoms with Gasteiger partial charge in [-0.1, -0.05) is 36.7 Å². The molecule has 142 valence electrons. The minimum Gasteiger partial charge on any atom is -0.503 e. The fraction of sp³-hybridized carbons (Fsp3) is 0.211. The van der Waals surface area contributed by atoms with Crippen LogP contribution in [0.15, 0.2) is 41.5 Å². The predicted octanol–water partition coefficient (Wildman–Crippen LogP) is 3.10. The molecule has 2 aromatic carbocycles. The van der Waals surface area contributed by atoms with Gasteiger partial charge in [-0.2, -0.15) is 5.10 Å². The minimum atomic E-state index is -0.910. The smallest absolute Gasteiger partial charge is 0.329 e. The Kier molecular flexibility index (Phi) is 7.19. The van der Waals surface area contributed by atoms with Gasteiger partial charge in [-0.3, -0.25) is 9.59 Å². The summed E-state index contributed by atoms with van der Waals surface area (Å²) in [4.78, 5) is 23.9. The van der Waals surface area contributed by atoms with E-state index in [9.17, 15) is 14.7 Å². The van der Waals surface area contributed by atoms with Gasteiger partial charge in [0.15, 0.2) is 11.5 Å². The largest absolute Gasteiger partial charge is 0.503 e. The standard InChI is InChI=1S/C19H20ClN3O4/c1-3-13-7-5-6-8-15(13)22-18(25)19(26)23-21-11-12-9-14(20)17(24)16(10-12)27-4-2/h5-11,24H,3-4H2,1-2H3,(H,22,25)(H,23,26)/b21-11-. The molecule has 2 aromatic rings. The van der Waals surface area contributed by atoms with Crippen molar-refractivity contribution in [1.29, 1.82) is 0 Å². The summed E-state index contributed by atoms with van der Waals surface area (Å²) >= 11 is 5.92. The summed E-state index contributed by atoms with van der Waals surface area (Å²) in [5, 5.41) is 16.2. The Bertz CT molecular complexity index is 868. The number of carbonyl (C=O) groups excluding carboxylic acids is 2. The predicted molar refractivity (Wildman–Crippen MR) is 104 cm³/mol. The number of benzene rings is 2. The van der Waals surface area contributed by atoms with Gasteiger partial charge >= 0.3 is 11.8 Å². The summed E-state index contributed by atoms with van der Waals surface area (Å²) < 4.78 is 5.26. The normalized spacial score (nSPS) is 10.6. The number of carbonyl (C=O) groups is 2. The van der Waals surface area contributed by atoms with Gasteiger partial charge in [0.25, 0.3) is 0 Å². The first-order valence-corrected chi connectivity index (χ1v) is 8.71. The van der Waals surface area contributed by atoms with Crippen molar-refractivity contribution in [3.8, 4) is 11.5 Å². The van der Waals surface area contributed by atoms with Crippen LogP contribution in [0.3, 0.4) is 0 Å². The van der Waals surface area contributed by atoms with Crippen LogP contribution < -0.4 is 15.5 Å². The van der Waals surface area contributed by atoms with Gasteiger partial charge < -0.3 is 15.2 Å². The van der Waals surface area contributed by atoms with E-state index in [0.717, 1.165) is 12.0 Å². The van der Waals surface area contributed by atoms with Gasteiger partial charge in [0.2, 0.25) is 0 Å². The molecule has 0 radical (unpaired) electrons. The third kappa shape index (κ3) is 5.46. The van der Waals surface area contributed by atoms with Crippen molar-refractivity contribution < 1.29 is 19.4 Å². The summed E-state index contributed by atoms with van der Waals surface area (Å²) in [6, 6.07) is 10.2. The van der Waals surface area contributed by atoms with E-state index in [1.54, 1.807) is 19.1 Å². The van der Waals surface area contributed by atoms with E-state index in [-0.39, 0.29) is 16.5 Å². The number of aromatic hydroxyl groups is 1. The number of phenolic OH excluding ortho intramolecular Hbond substituents is 1. The topological polar surface area (TPSA) is 100 Å². The van der Waals surface area contributed by atoms with Gasteiger partial charge in [0.05, 0.1) is 17.8 Å². The van der Waals surface area contributed by atoms with Gasteiger partial charge in [-0.15, -0.1) is 0 Å². The van der Waals surface area contributed by atoms with E-state index >= 15 is 0 Å². The monoisotopic (exact) mass is 389 g/mol. The summed E-state index contributed by atoms with van der Waals surface area (Å²) in [6.07, 6.45) is 2.01. The number of hydrazone groups is 1. The highest BCUT2D eigenvalue weighted by molar-refractivity contribution is 6.39. The average molecular weight is 390 g/mol. The molecule has 0 heterocycles. The maximum Gasteiger partial charge on any atom is 0.329 e. The third-order valence-electron chi connectivity index (χ3n) is 3.58. The summed E-state index contributed by atoms with van der Waals surface area (Å²) in [6.45, 7) is 4.07. The SMILES string of the molecule is CCOc1cc(/C=N\NC(=O)C(=O)Nc2ccccc2CC)cc(Cl)c1O. The average Bonchev–Trinajstić information content (AvgIpc) is 2.66. The zero-order chi connectivity index (χ0) is 19.8. The molecule has 0 unspecified atom stereocenters. The highest BCUT2D eigenvalue weighted by Gasteiger charge is 2.14. The maximum absolute atomic E-state index is 12.0. The van der Waals surface area contributed by atoms with Crippen molar-refractivity contribution in [3.05, 3.63) is 52.5 Å². The third-order valence-corrected chi connectivity index (χ3v) is 3.87. The van der Waals surface area contributed by atoms with Crippen molar-refractivity contribution in [1.82, 2.24) is 5.43 Å². The van der Waals surface area contributed by atoms with E-state index in [0.29, 0.717) is 17.9 Å². The molecule has 8 heteroatoms. The highest BCUT2D eigenvalue weighted by Crippen LogP contribution is 2.34. The molecule has 0 atom stereocenters. The molecule has 3 N–H and O–H groups in total. The van der Waals surface area contributed by atoms with Crippen LogP contribution in [0.5, 0.6) is 11.5 Å². The van der Waals surface area contributed by atoms with Crippen molar-refractivity contribution >= 4 is 35.3 Å². The number of hydrogen-bond donors (Lipinski definition) is 3. The van der Waals surface area contributed by atoms with Crippen LogP contribution in [0.2, 0.25) is 5.02 Å². The van der Waals surface area contributed by atoms with E-state index in [1.165, 1.54) is 18.3 Å². The lowest BCUT2D eigenvalue weighted by Crippen LogP contribution is -2.32. The Morgan fingerprint density at radius 1 is 1.22 bits per heavy atom. The van der Waals surface area contributed by atoms with Crippen LogP contribution in [0, 0.1) is 0 Å². The number of rotatable bonds is 6. The minimum absolute atomic E-state index is 0.0858. The second kappa shape index (κ2) is 9.59. The highest BCUT2D eigenvalue weighted by atomic mass is 35.5. The lowest BCUT2D eigenvalue weighted by Gasteiger charge is -2.09. The Morgan fingerprint density at radius 2 is 1.96 bits per heavy atom. The molecule has 27 heavy (non-hydrogen) atoms. The fourth-order valence-electron chi connectivity index (χ4n) is 2.28. The van der Waals surface area contributed by atoms with E-state index in [2.05, 4.69) is 15.8 Å². The molecule has 0 bridgehead atoms. The number of nitrogens with one attached hydrogen (secondary N) is 2. The first-order chi connectivity index (χ1) is 13.0. The molecule has 0 aromatic heterocycles. The number of nitrogens with zero attached hydrogens (tertiary/aromatic N) is 1. The first kappa shape index (κ1) is 20.3. The van der Waals surface area contributed by atoms with Crippen molar-refractivity contribution in [2.45, 2.75) is 20.3 Å². The van der Waals surface area contributed by atoms with Crippen molar-refractivity contribution in [2.24, 2.45) is 5.10 Å². The number of ether oxygens (including phenoxy) is 1. The van der Waals surface area contributed by atoms with Crippen LogP contribution in [0.4, 0.5) is 5.69 Å². The molecular formula is C19H20ClN3O4. The molecule has 2 amide bonds. The molecule has 0 spiro atoms. The Balaban J connectivity index is 2.01. The number of phenols is 1. The number of hydrogen-bond acceptors (Lipinski definition) is 5. The zero-order valence-corrected chi connectivity index (χ0v) is 15.7. The zero-order valence-electron chi connectivity index (χ0n) is 15.0. The van der Waals surface area contributed by atoms with Crippen LogP contribution in [0.25, 0.3) is 0 Å². The Hall–Kier alpha value is -3.06. The van der Waals surface area contributed by atoms with Gasteiger partial charge in [0.1, 0.15) is 0 Å². The quantitative estimate of drug-likeness (QED) is 0.401. The van der Waals surface area contributed by atoms with Gasteiger partial charge in [-0.05, 0) is 42.7 Å². The van der Waals surface area contributed by atoms with Gasteiger partial charge in [0, 0.05) is 5.69 Å². The van der Waals surface area contributed by atoms with Crippen LogP contribution in [-0.2, 0) is 16.0 Å². The van der Waals surface area contributed by atoms with E-state index in [1.807, 2.05) is 19.1 Å². The van der Waals surface area contributed by atoms with Gasteiger partial charge in [-0.25, -0.2) is 5.43 Å². The first-order valence-electron chi connectivity index (χ1n) is 8.33. The van der Waals surface area contributed by atoms with E-state index < -0.39 is 11.8 Å². The Morgan fingerprint density at radius 3 is 2.67 bits per heavy atom. The van der Waals surface area contributed by atoms with Crippen molar-refractivity contribution in [3.63, 3.8) is 0 Å². The number of amides is 2. The van der Waals surface area contributed by atoms with Crippen LogP contribution in [0.1, 0.15) is 25.0 Å². The maximum atomic E-state index is 12.0. The molecule has 0 saturated carbocycles. The van der Waals surface area contributed by atoms with Crippen LogP contribution >= 0.6 is 11.6 Å². The summed E-state index contributed by atoms with van der Waals surface area (Å²) in [5.41, 5.74) is 4.13. The molecule has 2 rings (SSSR count).